The average Bonchev–Trinajstić information content (AvgIpc) is 2.98. The van der Waals surface area contributed by atoms with Gasteiger partial charge in [0.15, 0.2) is 0 Å². The molecule has 106 valence electrons. The zero-order valence-electron chi connectivity index (χ0n) is 11.2. The molecule has 0 saturated heterocycles. The molecule has 0 fully saturated rings. The van der Waals surface area contributed by atoms with Crippen molar-refractivity contribution in [1.82, 2.24) is 4.72 Å². The molecule has 0 aliphatic rings. The first kappa shape index (κ1) is 15.0. The van der Waals surface area contributed by atoms with E-state index in [2.05, 4.69) is 16.2 Å². The monoisotopic (exact) mass is 307 g/mol. The summed E-state index contributed by atoms with van der Waals surface area (Å²) in [6, 6.07) is 9.88. The van der Waals surface area contributed by atoms with Crippen molar-refractivity contribution in [2.45, 2.75) is 13.3 Å². The van der Waals surface area contributed by atoms with Crippen LogP contribution < -0.4 is 4.72 Å². The van der Waals surface area contributed by atoms with Crippen molar-refractivity contribution in [2.24, 2.45) is 0 Å². The van der Waals surface area contributed by atoms with Crippen LogP contribution >= 0.6 is 11.3 Å². The lowest BCUT2D eigenvalue weighted by Crippen LogP contribution is -2.21. The Bertz CT molecular complexity index is 656. The number of sulfonamides is 1. The molecule has 1 N–H and O–H groups in total. The molecule has 0 atom stereocenters. The van der Waals surface area contributed by atoms with Crippen molar-refractivity contribution in [3.8, 4) is 11.1 Å². The number of hydrogen-bond donors (Lipinski definition) is 1. The SMILES string of the molecule is CCCNS(=O)(=O)C=Cc1ccc(-c2ccsc2)cc1. The Hall–Kier alpha value is -1.43. The highest BCUT2D eigenvalue weighted by Gasteiger charge is 2.03. The van der Waals surface area contributed by atoms with Crippen LogP contribution in [0.5, 0.6) is 0 Å². The van der Waals surface area contributed by atoms with E-state index < -0.39 is 10.0 Å². The zero-order valence-corrected chi connectivity index (χ0v) is 12.9. The van der Waals surface area contributed by atoms with Gasteiger partial charge in [0.1, 0.15) is 0 Å². The maximum atomic E-state index is 11.6. The van der Waals surface area contributed by atoms with Crippen LogP contribution in [0.2, 0.25) is 0 Å². The molecule has 0 unspecified atom stereocenters. The first-order valence-corrected chi connectivity index (χ1v) is 8.90. The zero-order chi connectivity index (χ0) is 14.4. The van der Waals surface area contributed by atoms with E-state index in [4.69, 9.17) is 0 Å². The van der Waals surface area contributed by atoms with Crippen LogP contribution in [0.15, 0.2) is 46.5 Å². The summed E-state index contributed by atoms with van der Waals surface area (Å²) in [4.78, 5) is 0. The second-order valence-corrected chi connectivity index (χ2v) is 6.81. The number of rotatable bonds is 6. The van der Waals surface area contributed by atoms with E-state index in [1.165, 1.54) is 11.0 Å². The Morgan fingerprint density at radius 2 is 1.90 bits per heavy atom. The van der Waals surface area contributed by atoms with E-state index in [9.17, 15) is 8.42 Å². The second kappa shape index (κ2) is 6.83. The third-order valence-corrected chi connectivity index (χ3v) is 4.54. The van der Waals surface area contributed by atoms with Crippen molar-refractivity contribution in [3.63, 3.8) is 0 Å². The molecule has 0 saturated carbocycles. The fourth-order valence-corrected chi connectivity index (χ4v) is 3.26. The molecular weight excluding hydrogens is 290 g/mol. The summed E-state index contributed by atoms with van der Waals surface area (Å²) in [5.74, 6) is 0. The lowest BCUT2D eigenvalue weighted by Gasteiger charge is -2.01. The lowest BCUT2D eigenvalue weighted by molar-refractivity contribution is 0.590. The maximum Gasteiger partial charge on any atom is 0.233 e. The molecule has 1 aromatic heterocycles. The smallest absolute Gasteiger partial charge is 0.212 e. The molecule has 0 spiro atoms. The van der Waals surface area contributed by atoms with E-state index >= 15 is 0 Å². The minimum atomic E-state index is -3.32. The summed E-state index contributed by atoms with van der Waals surface area (Å²) in [7, 11) is -3.32. The molecule has 1 aromatic carbocycles. The predicted octanol–water partition coefficient (Wildman–Crippen LogP) is 3.72. The molecule has 0 radical (unpaired) electrons. The van der Waals surface area contributed by atoms with Crippen molar-refractivity contribution in [3.05, 3.63) is 52.1 Å². The Morgan fingerprint density at radius 1 is 1.15 bits per heavy atom. The van der Waals surface area contributed by atoms with Gasteiger partial charge in [-0.1, -0.05) is 31.2 Å². The molecule has 1 heterocycles. The van der Waals surface area contributed by atoms with E-state index in [1.807, 2.05) is 36.6 Å². The fraction of sp³-hybridized carbons (Fsp3) is 0.200. The summed E-state index contributed by atoms with van der Waals surface area (Å²) in [5.41, 5.74) is 3.18. The summed E-state index contributed by atoms with van der Waals surface area (Å²) in [6.45, 7) is 2.39. The van der Waals surface area contributed by atoms with Gasteiger partial charge in [-0.25, -0.2) is 13.1 Å². The summed E-state index contributed by atoms with van der Waals surface area (Å²) in [5, 5.41) is 5.33. The van der Waals surface area contributed by atoms with E-state index in [0.29, 0.717) is 6.54 Å². The first-order valence-electron chi connectivity index (χ1n) is 6.41. The normalized spacial score (nSPS) is 12.1. The van der Waals surface area contributed by atoms with Crippen LogP contribution in [0.25, 0.3) is 17.2 Å². The van der Waals surface area contributed by atoms with Crippen LogP contribution in [0.3, 0.4) is 0 Å². The highest BCUT2D eigenvalue weighted by Crippen LogP contribution is 2.22. The van der Waals surface area contributed by atoms with Gasteiger partial charge in [0, 0.05) is 12.0 Å². The van der Waals surface area contributed by atoms with E-state index in [-0.39, 0.29) is 0 Å². The minimum absolute atomic E-state index is 0.462. The molecule has 2 aromatic rings. The largest absolute Gasteiger partial charge is 0.233 e. The predicted molar refractivity (Wildman–Crippen MR) is 86.0 cm³/mol. The maximum absolute atomic E-state index is 11.6. The summed E-state index contributed by atoms with van der Waals surface area (Å²) < 4.78 is 25.7. The Kier molecular flexibility index (Phi) is 5.11. The molecule has 0 aliphatic heterocycles. The third-order valence-electron chi connectivity index (χ3n) is 2.76. The van der Waals surface area contributed by atoms with Crippen molar-refractivity contribution in [2.75, 3.05) is 6.54 Å². The van der Waals surface area contributed by atoms with Gasteiger partial charge in [-0.3, -0.25) is 0 Å². The topological polar surface area (TPSA) is 46.2 Å². The van der Waals surface area contributed by atoms with Gasteiger partial charge < -0.3 is 0 Å². The second-order valence-electron chi connectivity index (χ2n) is 4.38. The quantitative estimate of drug-likeness (QED) is 0.884. The van der Waals surface area contributed by atoms with Gasteiger partial charge in [0.25, 0.3) is 0 Å². The Labute approximate surface area is 124 Å². The first-order chi connectivity index (χ1) is 9.61. The van der Waals surface area contributed by atoms with Gasteiger partial charge in [-0.2, -0.15) is 11.3 Å². The number of hydrogen-bond acceptors (Lipinski definition) is 3. The molecular formula is C15H17NO2S2. The third kappa shape index (κ3) is 4.30. The lowest BCUT2D eigenvalue weighted by atomic mass is 10.1. The number of nitrogens with one attached hydrogen (secondary N) is 1. The minimum Gasteiger partial charge on any atom is -0.212 e. The summed E-state index contributed by atoms with van der Waals surface area (Å²) in [6.07, 6.45) is 2.39. The van der Waals surface area contributed by atoms with Gasteiger partial charge in [0.05, 0.1) is 0 Å². The van der Waals surface area contributed by atoms with E-state index in [0.717, 1.165) is 17.5 Å². The molecule has 2 rings (SSSR count). The van der Waals surface area contributed by atoms with Crippen LogP contribution in [0, 0.1) is 0 Å². The molecule has 5 heteroatoms. The molecule has 0 bridgehead atoms. The van der Waals surface area contributed by atoms with Gasteiger partial charge >= 0.3 is 0 Å². The van der Waals surface area contributed by atoms with Gasteiger partial charge in [-0.05, 0) is 46.0 Å². The standard InChI is InChI=1S/C15H17NO2S2/c1-2-9-16-20(17,18)11-8-13-3-5-14(6-4-13)15-7-10-19-12-15/h3-8,10-12,16H,2,9H2,1H3. The van der Waals surface area contributed by atoms with Gasteiger partial charge in [0.2, 0.25) is 10.0 Å². The Balaban J connectivity index is 2.07. The van der Waals surface area contributed by atoms with Crippen LogP contribution in [-0.4, -0.2) is 15.0 Å². The van der Waals surface area contributed by atoms with E-state index in [1.54, 1.807) is 17.4 Å². The van der Waals surface area contributed by atoms with Crippen molar-refractivity contribution >= 4 is 27.4 Å². The molecule has 0 amide bonds. The van der Waals surface area contributed by atoms with Crippen LogP contribution in [0.4, 0.5) is 0 Å². The molecule has 0 aliphatic carbocycles. The van der Waals surface area contributed by atoms with Crippen LogP contribution in [0.1, 0.15) is 18.9 Å². The Morgan fingerprint density at radius 3 is 2.50 bits per heavy atom. The fourth-order valence-electron chi connectivity index (χ4n) is 1.68. The molecule has 3 nitrogen and oxygen atoms in total. The van der Waals surface area contributed by atoms with Gasteiger partial charge in [-0.15, -0.1) is 0 Å². The van der Waals surface area contributed by atoms with Crippen molar-refractivity contribution in [1.29, 1.82) is 0 Å². The molecule has 20 heavy (non-hydrogen) atoms. The number of thiophene rings is 1. The highest BCUT2D eigenvalue weighted by atomic mass is 32.2. The highest BCUT2D eigenvalue weighted by molar-refractivity contribution is 7.92. The average molecular weight is 307 g/mol. The summed E-state index contributed by atoms with van der Waals surface area (Å²) >= 11 is 1.66. The number of benzene rings is 1. The van der Waals surface area contributed by atoms with Crippen LogP contribution in [-0.2, 0) is 10.0 Å². The van der Waals surface area contributed by atoms with Crippen molar-refractivity contribution < 1.29 is 8.42 Å².